The number of hydrogen-bond acceptors (Lipinski definition) is 8. The van der Waals surface area contributed by atoms with Crippen molar-refractivity contribution in [1.29, 1.82) is 31.6 Å². The highest BCUT2D eigenvalue weighted by atomic mass is 19.4. The molecule has 0 spiro atoms. The molecule has 0 bridgehead atoms. The van der Waals surface area contributed by atoms with E-state index in [4.69, 9.17) is 0 Å². The number of rotatable bonds is 2. The molecule has 1 aromatic carbocycles. The van der Waals surface area contributed by atoms with Gasteiger partial charge in [0.2, 0.25) is 0 Å². The number of nitriles is 6. The number of alkyl halides is 12. The van der Waals surface area contributed by atoms with Crippen LogP contribution >= 0.6 is 0 Å². The number of halogens is 12. The zero-order valence-corrected chi connectivity index (χ0v) is 22.4. The van der Waals surface area contributed by atoms with E-state index >= 15 is 0 Å². The fourth-order valence-electron chi connectivity index (χ4n) is 4.19. The SMILES string of the molecule is N#C/C(c1cc(C(F)(F)F)nc(C(F)(F)F)c1C#N)=c1/cc/c(=C(\C#N)c2cc(C(F)(F)F)nc(C(F)(F)F)c2C#N)c(C#N)c1C#N. The fourth-order valence-corrected chi connectivity index (χ4v) is 4.19. The lowest BCUT2D eigenvalue weighted by atomic mass is 9.91. The van der Waals surface area contributed by atoms with Crippen LogP contribution in [-0.4, -0.2) is 9.97 Å². The van der Waals surface area contributed by atoms with Crippen molar-refractivity contribution >= 4 is 11.1 Å². The van der Waals surface area contributed by atoms with Crippen molar-refractivity contribution in [3.05, 3.63) is 90.9 Å². The molecule has 0 unspecified atom stereocenters. The van der Waals surface area contributed by atoms with Gasteiger partial charge in [0.15, 0.2) is 11.4 Å². The zero-order chi connectivity index (χ0) is 36.6. The molecule has 8 nitrogen and oxygen atoms in total. The molecule has 0 N–H and O–H groups in total. The van der Waals surface area contributed by atoms with Gasteiger partial charge in [0.1, 0.15) is 47.8 Å². The van der Waals surface area contributed by atoms with Crippen LogP contribution in [0.2, 0.25) is 0 Å². The van der Waals surface area contributed by atoms with Crippen LogP contribution in [0.25, 0.3) is 11.1 Å². The van der Waals surface area contributed by atoms with Crippen LogP contribution in [0.3, 0.4) is 0 Å². The van der Waals surface area contributed by atoms with E-state index in [1.54, 1.807) is 0 Å². The first-order chi connectivity index (χ1) is 22.1. The summed E-state index contributed by atoms with van der Waals surface area (Å²) in [6.07, 6.45) is -22.6. The third-order valence-electron chi connectivity index (χ3n) is 6.11. The Labute approximate surface area is 257 Å². The summed E-state index contributed by atoms with van der Waals surface area (Å²) in [5, 5.41) is 56.3. The van der Waals surface area contributed by atoms with E-state index in [1.807, 2.05) is 0 Å². The molecule has 0 radical (unpaired) electrons. The average Bonchev–Trinajstić information content (AvgIpc) is 2.99. The summed E-state index contributed by atoms with van der Waals surface area (Å²) in [5.74, 6) is 0. The molecule has 0 saturated heterocycles. The summed E-state index contributed by atoms with van der Waals surface area (Å²) < 4.78 is 163. The standard InChI is InChI=1S/C28H4F12N8/c29-25(30,31)21-3-13(19(9-45)23(47-21)27(35,36)37)15(5-41)11-1-2-12(18(8-44)17(11)7-43)16(6-42)14-4-22(26(32,33)34)48-24(20(14)10-46)28(38,39)40/h1-4H/b15-11-,16-12+. The van der Waals surface area contributed by atoms with Gasteiger partial charge in [0.05, 0.1) is 33.4 Å². The van der Waals surface area contributed by atoms with Crippen molar-refractivity contribution in [3.8, 4) is 36.4 Å². The monoisotopic (exact) mass is 680 g/mol. The van der Waals surface area contributed by atoms with E-state index in [0.29, 0.717) is 12.1 Å². The van der Waals surface area contributed by atoms with Gasteiger partial charge in [-0.1, -0.05) is 12.1 Å². The molecule has 20 heteroatoms. The molecule has 3 rings (SSSR count). The van der Waals surface area contributed by atoms with Gasteiger partial charge >= 0.3 is 24.7 Å². The van der Waals surface area contributed by atoms with Crippen LogP contribution < -0.4 is 10.4 Å². The van der Waals surface area contributed by atoms with Gasteiger partial charge in [-0.3, -0.25) is 0 Å². The van der Waals surface area contributed by atoms with Crippen molar-refractivity contribution in [2.75, 3.05) is 0 Å². The van der Waals surface area contributed by atoms with Crippen LogP contribution in [0, 0.1) is 68.0 Å². The Hall–Kier alpha value is -6.64. The summed E-state index contributed by atoms with van der Waals surface area (Å²) in [4.78, 5) is 4.87. The first-order valence-electron chi connectivity index (χ1n) is 11.8. The maximum atomic E-state index is 13.7. The molecule has 0 fully saturated rings. The Morgan fingerprint density at radius 1 is 0.458 bits per heavy atom. The zero-order valence-electron chi connectivity index (χ0n) is 22.4. The highest BCUT2D eigenvalue weighted by Gasteiger charge is 2.43. The molecule has 0 aliphatic rings. The molecule has 48 heavy (non-hydrogen) atoms. The molecular formula is C28H4F12N8. The van der Waals surface area contributed by atoms with Gasteiger partial charge < -0.3 is 0 Å². The summed E-state index contributed by atoms with van der Waals surface area (Å²) in [6.45, 7) is 0. The number of aromatic nitrogens is 2. The van der Waals surface area contributed by atoms with Gasteiger partial charge in [-0.25, -0.2) is 9.97 Å². The fraction of sp³-hybridized carbons (Fsp3) is 0.143. The number of pyridine rings is 2. The van der Waals surface area contributed by atoms with E-state index in [2.05, 4.69) is 9.97 Å². The average molecular weight is 680 g/mol. The van der Waals surface area contributed by atoms with Crippen LogP contribution in [0.1, 0.15) is 56.2 Å². The lowest BCUT2D eigenvalue weighted by Gasteiger charge is -2.16. The van der Waals surface area contributed by atoms with Crippen LogP contribution in [0.4, 0.5) is 52.7 Å². The number of hydrogen-bond donors (Lipinski definition) is 0. The van der Waals surface area contributed by atoms with E-state index in [-0.39, 0.29) is 12.1 Å². The smallest absolute Gasteiger partial charge is 0.237 e. The van der Waals surface area contributed by atoms with E-state index in [1.165, 1.54) is 24.3 Å². The van der Waals surface area contributed by atoms with Crippen molar-refractivity contribution in [1.82, 2.24) is 9.97 Å². The largest absolute Gasteiger partial charge is 0.434 e. The normalized spacial score (nSPS) is 13.1. The number of benzene rings is 1. The van der Waals surface area contributed by atoms with E-state index in [0.717, 1.165) is 12.1 Å². The highest BCUT2D eigenvalue weighted by molar-refractivity contribution is 5.84. The van der Waals surface area contributed by atoms with Crippen molar-refractivity contribution in [2.45, 2.75) is 24.7 Å². The minimum absolute atomic E-state index is 0.131. The second kappa shape index (κ2) is 12.3. The Kier molecular flexibility index (Phi) is 9.17. The van der Waals surface area contributed by atoms with Crippen molar-refractivity contribution < 1.29 is 52.7 Å². The molecule has 240 valence electrons. The predicted molar refractivity (Wildman–Crippen MR) is 129 cm³/mol. The van der Waals surface area contributed by atoms with E-state index in [9.17, 15) is 84.3 Å². The second-order valence-electron chi connectivity index (χ2n) is 8.88. The summed E-state index contributed by atoms with van der Waals surface area (Å²) in [5.41, 5.74) is -20.0. The van der Waals surface area contributed by atoms with Gasteiger partial charge in [-0.15, -0.1) is 0 Å². The molecule has 0 amide bonds. The molecule has 0 atom stereocenters. The first-order valence-corrected chi connectivity index (χ1v) is 11.8. The highest BCUT2D eigenvalue weighted by Crippen LogP contribution is 2.39. The molecule has 0 aliphatic carbocycles. The summed E-state index contributed by atoms with van der Waals surface area (Å²) in [7, 11) is 0. The molecule has 0 aliphatic heterocycles. The molecule has 0 saturated carbocycles. The summed E-state index contributed by atoms with van der Waals surface area (Å²) in [6, 6.07) is 7.77. The predicted octanol–water partition coefficient (Wildman–Crippen LogP) is 5.48. The van der Waals surface area contributed by atoms with Crippen LogP contribution in [0.5, 0.6) is 0 Å². The Morgan fingerprint density at radius 2 is 0.750 bits per heavy atom. The van der Waals surface area contributed by atoms with Gasteiger partial charge in [-0.2, -0.15) is 84.3 Å². The van der Waals surface area contributed by atoms with Crippen LogP contribution in [0.15, 0.2) is 24.3 Å². The minimum atomic E-state index is -5.70. The topological polar surface area (TPSA) is 169 Å². The maximum Gasteiger partial charge on any atom is 0.434 e. The van der Waals surface area contributed by atoms with Crippen molar-refractivity contribution in [3.63, 3.8) is 0 Å². The van der Waals surface area contributed by atoms with Gasteiger partial charge in [-0.05, 0) is 12.1 Å². The lowest BCUT2D eigenvalue weighted by Crippen LogP contribution is -2.25. The molecule has 2 aromatic heterocycles. The lowest BCUT2D eigenvalue weighted by molar-refractivity contribution is -0.151. The van der Waals surface area contributed by atoms with Gasteiger partial charge in [0.25, 0.3) is 0 Å². The molecule has 3 aromatic rings. The molecule has 2 heterocycles. The van der Waals surface area contributed by atoms with E-state index < -0.39 is 102 Å². The third kappa shape index (κ3) is 6.50. The number of nitrogens with zero attached hydrogens (tertiary/aromatic N) is 8. The maximum absolute atomic E-state index is 13.7. The first kappa shape index (κ1) is 35.8. The molecular weight excluding hydrogens is 676 g/mol. The van der Waals surface area contributed by atoms with Crippen LogP contribution in [-0.2, 0) is 24.7 Å². The Bertz CT molecular complexity index is 2090. The minimum Gasteiger partial charge on any atom is -0.237 e. The third-order valence-corrected chi connectivity index (χ3v) is 6.11. The summed E-state index contributed by atoms with van der Waals surface area (Å²) >= 11 is 0. The van der Waals surface area contributed by atoms with Crippen molar-refractivity contribution in [2.24, 2.45) is 0 Å². The van der Waals surface area contributed by atoms with Gasteiger partial charge in [0, 0.05) is 21.6 Å². The quantitative estimate of drug-likeness (QED) is 0.321. The Morgan fingerprint density at radius 3 is 0.958 bits per heavy atom. The second-order valence-corrected chi connectivity index (χ2v) is 8.88. The Balaban J connectivity index is 2.72.